The van der Waals surface area contributed by atoms with Crippen LogP contribution in [0.5, 0.6) is 5.75 Å². The summed E-state index contributed by atoms with van der Waals surface area (Å²) in [5.41, 5.74) is 1.64. The van der Waals surface area contributed by atoms with E-state index < -0.39 is 16.1 Å². The molecule has 3 aromatic rings. The number of hydrogen-bond acceptors (Lipinski definition) is 6. The lowest BCUT2D eigenvalue weighted by Crippen LogP contribution is -2.42. The average molecular weight is 495 g/mol. The topological polar surface area (TPSA) is 132 Å². The van der Waals surface area contributed by atoms with Crippen LogP contribution in [0.25, 0.3) is 0 Å². The Bertz CT molecular complexity index is 1300. The van der Waals surface area contributed by atoms with Gasteiger partial charge in [-0.05, 0) is 42.7 Å². The molecule has 0 saturated heterocycles. The molecule has 0 spiro atoms. The first kappa shape index (κ1) is 24.4. The average Bonchev–Trinajstić information content (AvgIpc) is 2.85. The largest absolute Gasteiger partial charge is 0.472 e. The van der Waals surface area contributed by atoms with E-state index in [1.807, 2.05) is 30.3 Å². The molecule has 9 nitrogen and oxygen atoms in total. The fourth-order valence-corrected chi connectivity index (χ4v) is 4.35. The number of aromatic nitrogens is 1. The fourth-order valence-electron chi connectivity index (χ4n) is 3.83. The molecule has 0 radical (unpaired) electrons. The predicted octanol–water partition coefficient (Wildman–Crippen LogP) is 2.33. The third-order valence-corrected chi connectivity index (χ3v) is 6.55. The van der Waals surface area contributed by atoms with Gasteiger partial charge >= 0.3 is 0 Å². The first-order valence-corrected chi connectivity index (χ1v) is 12.7. The number of nitrogens with one attached hydrogen (secondary N) is 1. The van der Waals surface area contributed by atoms with Crippen LogP contribution in [0.1, 0.15) is 30.1 Å². The third kappa shape index (κ3) is 6.03. The normalized spacial score (nSPS) is 15.3. The number of fused-ring (bicyclic) bond motifs is 1. The molecule has 1 aliphatic rings. The van der Waals surface area contributed by atoms with E-state index in [1.165, 1.54) is 12.1 Å². The van der Waals surface area contributed by atoms with E-state index in [1.54, 1.807) is 35.4 Å². The predicted molar refractivity (Wildman–Crippen MR) is 130 cm³/mol. The van der Waals surface area contributed by atoms with Gasteiger partial charge in [0, 0.05) is 31.3 Å². The van der Waals surface area contributed by atoms with Gasteiger partial charge in [-0.1, -0.05) is 42.5 Å². The highest BCUT2D eigenvalue weighted by Gasteiger charge is 2.36. The number of sulfonamides is 1. The van der Waals surface area contributed by atoms with E-state index in [0.29, 0.717) is 37.5 Å². The van der Waals surface area contributed by atoms with E-state index >= 15 is 0 Å². The van der Waals surface area contributed by atoms with Crippen molar-refractivity contribution in [3.63, 3.8) is 0 Å². The molecule has 182 valence electrons. The van der Waals surface area contributed by atoms with Crippen molar-refractivity contribution in [1.82, 2.24) is 10.3 Å². The molecule has 4 rings (SSSR count). The van der Waals surface area contributed by atoms with Crippen molar-refractivity contribution in [2.75, 3.05) is 18.0 Å². The van der Waals surface area contributed by atoms with Crippen molar-refractivity contribution >= 4 is 27.7 Å². The Morgan fingerprint density at radius 1 is 1.06 bits per heavy atom. The molecule has 3 N–H and O–H groups in total. The molecule has 10 heteroatoms. The molecule has 0 aliphatic carbocycles. The molecular weight excluding hydrogens is 468 g/mol. The van der Waals surface area contributed by atoms with Crippen LogP contribution >= 0.6 is 0 Å². The van der Waals surface area contributed by atoms with Crippen LogP contribution < -0.4 is 20.1 Å². The van der Waals surface area contributed by atoms with Gasteiger partial charge in [0.2, 0.25) is 22.0 Å². The molecule has 2 aromatic carbocycles. The van der Waals surface area contributed by atoms with Crippen LogP contribution in [-0.4, -0.2) is 38.3 Å². The number of anilines is 1. The Labute approximate surface area is 204 Å². The maximum absolute atomic E-state index is 13.2. The number of amides is 2. The summed E-state index contributed by atoms with van der Waals surface area (Å²) in [6.07, 6.45) is 2.09. The maximum Gasteiger partial charge on any atom is 0.274 e. The van der Waals surface area contributed by atoms with Crippen molar-refractivity contribution in [2.45, 2.75) is 30.3 Å². The second-order valence-corrected chi connectivity index (χ2v) is 9.68. The van der Waals surface area contributed by atoms with E-state index in [4.69, 9.17) is 9.88 Å². The molecule has 1 aromatic heterocycles. The monoisotopic (exact) mass is 494 g/mol. The minimum absolute atomic E-state index is 0.0495. The lowest BCUT2D eigenvalue weighted by atomic mass is 10.1. The molecule has 1 aliphatic heterocycles. The third-order valence-electron chi connectivity index (χ3n) is 5.62. The SMILES string of the molecule is NS(=O)(=O)c1ccc(CCNC(=O)CCCN2C(=O)C(c3ccccc3)Oc3cccnc32)cc1. The summed E-state index contributed by atoms with van der Waals surface area (Å²) < 4.78 is 28.6. The molecule has 0 fully saturated rings. The van der Waals surface area contributed by atoms with E-state index in [0.717, 1.165) is 11.1 Å². The number of hydrogen-bond donors (Lipinski definition) is 2. The molecule has 35 heavy (non-hydrogen) atoms. The number of nitrogens with two attached hydrogens (primary N) is 1. The number of nitrogens with zero attached hydrogens (tertiary/aromatic N) is 2. The van der Waals surface area contributed by atoms with Crippen molar-refractivity contribution in [2.24, 2.45) is 5.14 Å². The summed E-state index contributed by atoms with van der Waals surface area (Å²) in [5, 5.41) is 7.95. The summed E-state index contributed by atoms with van der Waals surface area (Å²) in [7, 11) is -3.73. The van der Waals surface area contributed by atoms with Crippen molar-refractivity contribution in [1.29, 1.82) is 0 Å². The molecule has 2 heterocycles. The van der Waals surface area contributed by atoms with Crippen molar-refractivity contribution in [3.8, 4) is 5.75 Å². The van der Waals surface area contributed by atoms with Crippen LogP contribution in [-0.2, 0) is 26.0 Å². The van der Waals surface area contributed by atoms with Crippen LogP contribution in [0.15, 0.2) is 77.8 Å². The quantitative estimate of drug-likeness (QED) is 0.469. The summed E-state index contributed by atoms with van der Waals surface area (Å²) in [6, 6.07) is 19.0. The number of benzene rings is 2. The zero-order valence-corrected chi connectivity index (χ0v) is 19.8. The second-order valence-electron chi connectivity index (χ2n) is 8.12. The van der Waals surface area contributed by atoms with Gasteiger partial charge in [-0.15, -0.1) is 0 Å². The Morgan fingerprint density at radius 3 is 2.51 bits per heavy atom. The number of rotatable bonds is 9. The van der Waals surface area contributed by atoms with Crippen LogP contribution in [0.3, 0.4) is 0 Å². The van der Waals surface area contributed by atoms with Crippen LogP contribution in [0.2, 0.25) is 0 Å². The van der Waals surface area contributed by atoms with Gasteiger partial charge < -0.3 is 10.1 Å². The van der Waals surface area contributed by atoms with Gasteiger partial charge in [0.1, 0.15) is 0 Å². The minimum atomic E-state index is -3.73. The Morgan fingerprint density at radius 2 is 1.80 bits per heavy atom. The molecule has 1 atom stereocenters. The van der Waals surface area contributed by atoms with Gasteiger partial charge in [0.05, 0.1) is 4.90 Å². The summed E-state index contributed by atoms with van der Waals surface area (Å²) in [5.74, 6) is 0.630. The second kappa shape index (κ2) is 10.7. The minimum Gasteiger partial charge on any atom is -0.472 e. The summed E-state index contributed by atoms with van der Waals surface area (Å²) in [4.78, 5) is 31.5. The number of primary sulfonamides is 1. The van der Waals surface area contributed by atoms with Gasteiger partial charge in [-0.25, -0.2) is 18.5 Å². The van der Waals surface area contributed by atoms with Crippen molar-refractivity contribution in [3.05, 3.63) is 84.1 Å². The fraction of sp³-hybridized carbons (Fsp3) is 0.240. The van der Waals surface area contributed by atoms with Crippen LogP contribution in [0.4, 0.5) is 5.82 Å². The lowest BCUT2D eigenvalue weighted by Gasteiger charge is -2.33. The first-order chi connectivity index (χ1) is 16.8. The van der Waals surface area contributed by atoms with Gasteiger partial charge in [-0.3, -0.25) is 14.5 Å². The highest BCUT2D eigenvalue weighted by Crippen LogP contribution is 2.37. The van der Waals surface area contributed by atoms with Gasteiger partial charge in [-0.2, -0.15) is 0 Å². The van der Waals surface area contributed by atoms with E-state index in [2.05, 4.69) is 10.3 Å². The molecular formula is C25H26N4O5S. The number of ether oxygens (including phenoxy) is 1. The lowest BCUT2D eigenvalue weighted by molar-refractivity contribution is -0.127. The summed E-state index contributed by atoms with van der Waals surface area (Å²) in [6.45, 7) is 0.739. The van der Waals surface area contributed by atoms with Crippen LogP contribution in [0, 0.1) is 0 Å². The molecule has 2 amide bonds. The van der Waals surface area contributed by atoms with Gasteiger partial charge in [0.15, 0.2) is 11.6 Å². The standard InChI is InChI=1S/C25H26N4O5S/c26-35(32,33)20-12-10-18(11-13-20)14-16-27-22(30)9-5-17-29-24-21(8-4-15-28-24)34-23(25(29)31)19-6-2-1-3-7-19/h1-4,6-8,10-13,15,23H,5,9,14,16-17H2,(H,27,30)(H2,26,32,33). The molecule has 0 saturated carbocycles. The molecule has 0 bridgehead atoms. The zero-order valence-electron chi connectivity index (χ0n) is 19.0. The highest BCUT2D eigenvalue weighted by atomic mass is 32.2. The zero-order chi connectivity index (χ0) is 24.8. The summed E-state index contributed by atoms with van der Waals surface area (Å²) >= 11 is 0. The smallest absolute Gasteiger partial charge is 0.274 e. The number of carbonyl (C=O) groups is 2. The van der Waals surface area contributed by atoms with Crippen molar-refractivity contribution < 1.29 is 22.7 Å². The van der Waals surface area contributed by atoms with Gasteiger partial charge in [0.25, 0.3) is 5.91 Å². The van der Waals surface area contributed by atoms with E-state index in [-0.39, 0.29) is 23.1 Å². The number of carbonyl (C=O) groups excluding carboxylic acids is 2. The maximum atomic E-state index is 13.2. The Balaban J connectivity index is 1.30. The van der Waals surface area contributed by atoms with E-state index in [9.17, 15) is 18.0 Å². The Kier molecular flexibility index (Phi) is 7.42. The highest BCUT2D eigenvalue weighted by molar-refractivity contribution is 7.89. The number of pyridine rings is 1. The Hall–Kier alpha value is -3.76. The molecule has 1 unspecified atom stereocenters. The first-order valence-electron chi connectivity index (χ1n) is 11.2.